The number of likely N-dealkylation sites (tertiary alicyclic amines) is 1. The van der Waals surface area contributed by atoms with E-state index in [4.69, 9.17) is 9.47 Å². The molecule has 1 aliphatic carbocycles. The van der Waals surface area contributed by atoms with E-state index in [9.17, 15) is 9.90 Å². The molecule has 1 aromatic heterocycles. The fourth-order valence-corrected chi connectivity index (χ4v) is 9.41. The first-order valence-electron chi connectivity index (χ1n) is 19.0. The van der Waals surface area contributed by atoms with Gasteiger partial charge in [0, 0.05) is 37.2 Å². The molecule has 3 aliphatic rings. The van der Waals surface area contributed by atoms with Gasteiger partial charge in [-0.25, -0.2) is 4.98 Å². The Morgan fingerprint density at radius 1 is 0.868 bits per heavy atom. The van der Waals surface area contributed by atoms with Crippen molar-refractivity contribution < 1.29 is 19.4 Å². The highest BCUT2D eigenvalue weighted by atomic mass is 16.7. The summed E-state index contributed by atoms with van der Waals surface area (Å²) in [5, 5.41) is 12.7. The normalized spacial score (nSPS) is 26.8. The molecular weight excluding hydrogens is 661 g/mol. The lowest BCUT2D eigenvalue weighted by Crippen LogP contribution is -2.46. The number of aromatic nitrogens is 2. The second kappa shape index (κ2) is 14.4. The average molecular weight is 711 g/mol. The van der Waals surface area contributed by atoms with Crippen molar-refractivity contribution in [3.63, 3.8) is 0 Å². The number of benzene rings is 4. The van der Waals surface area contributed by atoms with Crippen LogP contribution in [0.3, 0.4) is 0 Å². The molecule has 274 valence electrons. The van der Waals surface area contributed by atoms with Gasteiger partial charge in [0.15, 0.2) is 6.29 Å². The van der Waals surface area contributed by atoms with Crippen LogP contribution >= 0.6 is 0 Å². The lowest BCUT2D eigenvalue weighted by atomic mass is 9.65. The van der Waals surface area contributed by atoms with E-state index in [-0.39, 0.29) is 30.6 Å². The Hall–Kier alpha value is -4.47. The van der Waals surface area contributed by atoms with E-state index in [2.05, 4.69) is 96.4 Å². The summed E-state index contributed by atoms with van der Waals surface area (Å²) in [6.07, 6.45) is 4.53. The topological polar surface area (TPSA) is 96.8 Å². The maximum atomic E-state index is 13.0. The first-order chi connectivity index (χ1) is 25.5. The molecule has 8 nitrogen and oxygen atoms in total. The number of carbonyl (C=O) groups is 1. The Labute approximate surface area is 312 Å². The molecule has 4 aromatic carbocycles. The third-order valence-electron chi connectivity index (χ3n) is 11.6. The summed E-state index contributed by atoms with van der Waals surface area (Å²) in [6, 6.07) is 32.9. The maximum absolute atomic E-state index is 13.0. The number of hydrogen-bond donors (Lipinski definition) is 2. The molecule has 1 amide bonds. The number of carbonyl (C=O) groups excluding carboxylic acids is 1. The van der Waals surface area contributed by atoms with Crippen LogP contribution < -0.4 is 5.32 Å². The minimum absolute atomic E-state index is 0.0146. The third kappa shape index (κ3) is 7.64. The van der Waals surface area contributed by atoms with Crippen LogP contribution in [0.1, 0.15) is 92.1 Å². The van der Waals surface area contributed by atoms with Gasteiger partial charge >= 0.3 is 0 Å². The van der Waals surface area contributed by atoms with E-state index < -0.39 is 6.29 Å². The fraction of sp³-hybridized carbons (Fsp3) is 0.400. The summed E-state index contributed by atoms with van der Waals surface area (Å²) in [5.74, 6) is -0.134. The second-order valence-electron chi connectivity index (χ2n) is 16.7. The molecule has 3 heterocycles. The van der Waals surface area contributed by atoms with Crippen molar-refractivity contribution >= 4 is 16.9 Å². The molecule has 2 N–H and O–H groups in total. The van der Waals surface area contributed by atoms with Crippen LogP contribution in [0.2, 0.25) is 0 Å². The number of rotatable bonds is 9. The molecule has 0 radical (unpaired) electrons. The van der Waals surface area contributed by atoms with Crippen molar-refractivity contribution in [1.82, 2.24) is 20.2 Å². The molecule has 5 aromatic rings. The highest BCUT2D eigenvalue weighted by Gasteiger charge is 2.51. The molecule has 2 saturated heterocycles. The Kier molecular flexibility index (Phi) is 9.66. The molecule has 0 spiro atoms. The smallest absolute Gasteiger partial charge is 0.271 e. The van der Waals surface area contributed by atoms with Crippen LogP contribution in [0, 0.1) is 16.7 Å². The van der Waals surface area contributed by atoms with Crippen LogP contribution in [-0.4, -0.2) is 51.1 Å². The molecular formula is C45H50N4O4. The van der Waals surface area contributed by atoms with Gasteiger partial charge in [-0.1, -0.05) is 100 Å². The van der Waals surface area contributed by atoms with Crippen molar-refractivity contribution in [3.8, 4) is 11.1 Å². The lowest BCUT2D eigenvalue weighted by molar-refractivity contribution is -0.276. The number of aliphatic hydroxyl groups excluding tert-OH is 1. The largest absolute Gasteiger partial charge is 0.392 e. The van der Waals surface area contributed by atoms with Gasteiger partial charge in [0.25, 0.3) is 5.91 Å². The predicted molar refractivity (Wildman–Crippen MR) is 207 cm³/mol. The van der Waals surface area contributed by atoms with Gasteiger partial charge in [-0.2, -0.15) is 0 Å². The summed E-state index contributed by atoms with van der Waals surface area (Å²) in [5.41, 5.74) is 8.46. The molecule has 8 rings (SSSR count). The number of amides is 1. The minimum atomic E-state index is -0.543. The molecule has 53 heavy (non-hydrogen) atoms. The van der Waals surface area contributed by atoms with Gasteiger partial charge in [-0.15, -0.1) is 0 Å². The standard InChI is InChI=1S/C45H50N4O4/c1-29-40(25-49-28-45(4)22-36(49)21-44(2,3)27-45)52-43(53-41(29)32-17-15-30(26-50)16-18-32)35-12-8-11-34(20-35)33-10-7-9-31(19-33)23-47-42(51)39-24-46-37-13-5-6-14-38(37)48-39/h5-20,24,29,36,40-41,43,50H,21-23,25-28H2,1-4H3,(H,47,51)/t29-,36?,40+,41+,43+,45?/m0/s1. The Morgan fingerprint density at radius 2 is 1.62 bits per heavy atom. The number of hydrogen-bond acceptors (Lipinski definition) is 7. The summed E-state index contributed by atoms with van der Waals surface area (Å²) in [6.45, 7) is 11.9. The van der Waals surface area contributed by atoms with E-state index in [1.807, 2.05) is 48.5 Å². The van der Waals surface area contributed by atoms with Crippen LogP contribution in [0.25, 0.3) is 22.2 Å². The number of ether oxygens (including phenoxy) is 2. The average Bonchev–Trinajstić information content (AvgIpc) is 3.41. The second-order valence-corrected chi connectivity index (χ2v) is 16.7. The van der Waals surface area contributed by atoms with Crippen LogP contribution in [-0.2, 0) is 22.6 Å². The third-order valence-corrected chi connectivity index (χ3v) is 11.6. The number of aliphatic hydroxyl groups is 1. The molecule has 6 atom stereocenters. The first-order valence-corrected chi connectivity index (χ1v) is 19.0. The highest BCUT2D eigenvalue weighted by Crippen LogP contribution is 2.53. The van der Waals surface area contributed by atoms with Gasteiger partial charge in [-0.3, -0.25) is 14.7 Å². The SMILES string of the molecule is C[C@H]1[C@@H](CN2CC3(C)CC2CC(C)(C)C3)O[C@@H](c2cccc(-c3cccc(CNC(=O)c4cnc5ccccc5n4)c3)c2)O[C@H]1c1ccc(CO)cc1. The first kappa shape index (κ1) is 35.6. The number of nitrogens with zero attached hydrogens (tertiary/aromatic N) is 3. The zero-order valence-electron chi connectivity index (χ0n) is 31.2. The Morgan fingerprint density at radius 3 is 2.42 bits per heavy atom. The summed E-state index contributed by atoms with van der Waals surface area (Å²) in [7, 11) is 0. The van der Waals surface area contributed by atoms with E-state index in [1.165, 1.54) is 25.5 Å². The number of para-hydroxylation sites is 2. The van der Waals surface area contributed by atoms with Crippen LogP contribution in [0.15, 0.2) is 103 Å². The molecule has 2 unspecified atom stereocenters. The summed E-state index contributed by atoms with van der Waals surface area (Å²) in [4.78, 5) is 24.6. The van der Waals surface area contributed by atoms with Crippen molar-refractivity contribution in [2.75, 3.05) is 13.1 Å². The maximum Gasteiger partial charge on any atom is 0.271 e. The van der Waals surface area contributed by atoms with Crippen LogP contribution in [0.4, 0.5) is 0 Å². The molecule has 1 saturated carbocycles. The van der Waals surface area contributed by atoms with Gasteiger partial charge in [0.2, 0.25) is 0 Å². The molecule has 2 aliphatic heterocycles. The van der Waals surface area contributed by atoms with Crippen LogP contribution in [0.5, 0.6) is 0 Å². The van der Waals surface area contributed by atoms with Gasteiger partial charge in [0.05, 0.1) is 36.0 Å². The zero-order valence-corrected chi connectivity index (χ0v) is 31.2. The van der Waals surface area contributed by atoms with E-state index >= 15 is 0 Å². The zero-order chi connectivity index (χ0) is 36.7. The van der Waals surface area contributed by atoms with Crippen molar-refractivity contribution in [2.45, 2.75) is 84.6 Å². The van der Waals surface area contributed by atoms with E-state index in [0.717, 1.165) is 52.0 Å². The van der Waals surface area contributed by atoms with Crippen molar-refractivity contribution in [1.29, 1.82) is 0 Å². The predicted octanol–water partition coefficient (Wildman–Crippen LogP) is 8.41. The van der Waals surface area contributed by atoms with Gasteiger partial charge in [-0.05, 0) is 82.2 Å². The van der Waals surface area contributed by atoms with Gasteiger partial charge < -0.3 is 19.9 Å². The monoisotopic (exact) mass is 710 g/mol. The van der Waals surface area contributed by atoms with Crippen molar-refractivity contribution in [3.05, 3.63) is 131 Å². The van der Waals surface area contributed by atoms with Gasteiger partial charge in [0.1, 0.15) is 5.69 Å². The Balaban J connectivity index is 1.02. The molecule has 2 bridgehead atoms. The van der Waals surface area contributed by atoms with Crippen molar-refractivity contribution in [2.24, 2.45) is 16.7 Å². The quantitative estimate of drug-likeness (QED) is 0.159. The van der Waals surface area contributed by atoms with E-state index in [1.54, 1.807) is 0 Å². The Bertz CT molecular complexity index is 2100. The number of fused-ring (bicyclic) bond motifs is 3. The fourth-order valence-electron chi connectivity index (χ4n) is 9.41. The van der Waals surface area contributed by atoms with E-state index in [0.29, 0.717) is 34.6 Å². The number of nitrogens with one attached hydrogen (secondary N) is 1. The summed E-state index contributed by atoms with van der Waals surface area (Å²) >= 11 is 0. The molecule has 8 heteroatoms. The minimum Gasteiger partial charge on any atom is -0.392 e. The lowest BCUT2D eigenvalue weighted by Gasteiger charge is -2.43. The molecule has 3 fully saturated rings. The highest BCUT2D eigenvalue weighted by molar-refractivity contribution is 5.93. The summed E-state index contributed by atoms with van der Waals surface area (Å²) < 4.78 is 13.8.